The highest BCUT2D eigenvalue weighted by atomic mass is 32.2. The van der Waals surface area contributed by atoms with Crippen molar-refractivity contribution in [3.8, 4) is 0 Å². The minimum absolute atomic E-state index is 0.137. The topological polar surface area (TPSA) is 29.1 Å². The van der Waals surface area contributed by atoms with Gasteiger partial charge >= 0.3 is 6.18 Å². The summed E-state index contributed by atoms with van der Waals surface area (Å²) in [6.45, 7) is 5.49. The molecule has 0 radical (unpaired) electrons. The van der Waals surface area contributed by atoms with Crippen molar-refractivity contribution < 1.29 is 18.0 Å². The van der Waals surface area contributed by atoms with Crippen molar-refractivity contribution in [3.05, 3.63) is 48.0 Å². The summed E-state index contributed by atoms with van der Waals surface area (Å²) in [6, 6.07) is 5.41. The molecular weight excluding hydrogens is 287 g/mol. The predicted molar refractivity (Wildman–Crippen MR) is 75.4 cm³/mol. The lowest BCUT2D eigenvalue weighted by atomic mass is 10.1. The van der Waals surface area contributed by atoms with Gasteiger partial charge in [-0.3, -0.25) is 4.79 Å². The Morgan fingerprint density at radius 2 is 2.10 bits per heavy atom. The van der Waals surface area contributed by atoms with Crippen LogP contribution in [0.1, 0.15) is 18.1 Å². The number of amides is 1. The summed E-state index contributed by atoms with van der Waals surface area (Å²) in [4.78, 5) is 11.6. The molecule has 1 aromatic carbocycles. The van der Waals surface area contributed by atoms with Gasteiger partial charge in [-0.1, -0.05) is 24.3 Å². The number of carbonyl (C=O) groups is 1. The van der Waals surface area contributed by atoms with Crippen molar-refractivity contribution in [3.63, 3.8) is 0 Å². The summed E-state index contributed by atoms with van der Waals surface area (Å²) < 4.78 is 38.4. The third kappa shape index (κ3) is 4.92. The van der Waals surface area contributed by atoms with Crippen molar-refractivity contribution in [2.45, 2.75) is 24.1 Å². The summed E-state index contributed by atoms with van der Waals surface area (Å²) in [6.07, 6.45) is -2.82. The van der Waals surface area contributed by atoms with Crippen molar-refractivity contribution in [2.75, 3.05) is 6.54 Å². The number of alkyl halides is 3. The highest BCUT2D eigenvalue weighted by Gasteiger charge is 2.32. The zero-order valence-electron chi connectivity index (χ0n) is 11.0. The third-order valence-electron chi connectivity index (χ3n) is 2.60. The standard InChI is InChI=1S/C14H16F3NOS/c1-3-8-18-13(19)10(2)20-9-11-6-4-5-7-12(11)14(15,16)17/h3-7,10H,1,8-9H2,2H3,(H,18,19). The number of hydrogen-bond acceptors (Lipinski definition) is 2. The Morgan fingerprint density at radius 1 is 1.45 bits per heavy atom. The summed E-state index contributed by atoms with van der Waals surface area (Å²) >= 11 is 1.17. The van der Waals surface area contributed by atoms with Gasteiger partial charge < -0.3 is 5.32 Å². The second kappa shape index (κ2) is 7.38. The van der Waals surface area contributed by atoms with E-state index < -0.39 is 17.0 Å². The lowest BCUT2D eigenvalue weighted by Gasteiger charge is -2.14. The van der Waals surface area contributed by atoms with Crippen LogP contribution < -0.4 is 5.32 Å². The molecule has 0 aliphatic carbocycles. The summed E-state index contributed by atoms with van der Waals surface area (Å²) in [5, 5.41) is 2.19. The molecular formula is C14H16F3NOS. The van der Waals surface area contributed by atoms with Crippen LogP contribution >= 0.6 is 11.8 Å². The first kappa shape index (κ1) is 16.6. The normalized spacial score (nSPS) is 12.8. The van der Waals surface area contributed by atoms with Crippen LogP contribution in [-0.4, -0.2) is 17.7 Å². The molecule has 1 rings (SSSR count). The molecule has 0 aliphatic heterocycles. The van der Waals surface area contributed by atoms with Gasteiger partial charge in [0.15, 0.2) is 0 Å². The van der Waals surface area contributed by atoms with Crippen molar-refractivity contribution in [1.29, 1.82) is 0 Å². The lowest BCUT2D eigenvalue weighted by molar-refractivity contribution is -0.138. The first-order chi connectivity index (χ1) is 9.36. The molecule has 0 saturated heterocycles. The monoisotopic (exact) mass is 303 g/mol. The number of carbonyl (C=O) groups excluding carboxylic acids is 1. The van der Waals surface area contributed by atoms with Crippen LogP contribution in [0.2, 0.25) is 0 Å². The van der Waals surface area contributed by atoms with Crippen LogP contribution in [0.4, 0.5) is 13.2 Å². The van der Waals surface area contributed by atoms with Crippen LogP contribution in [0.5, 0.6) is 0 Å². The molecule has 110 valence electrons. The van der Waals surface area contributed by atoms with Crippen molar-refractivity contribution >= 4 is 17.7 Å². The van der Waals surface area contributed by atoms with Crippen LogP contribution in [0.25, 0.3) is 0 Å². The van der Waals surface area contributed by atoms with E-state index in [4.69, 9.17) is 0 Å². The maximum absolute atomic E-state index is 12.8. The zero-order valence-corrected chi connectivity index (χ0v) is 11.9. The number of nitrogens with one attached hydrogen (secondary N) is 1. The predicted octanol–water partition coefficient (Wildman–Crippen LogP) is 3.63. The Kier molecular flexibility index (Phi) is 6.13. The summed E-state index contributed by atoms with van der Waals surface area (Å²) in [7, 11) is 0. The summed E-state index contributed by atoms with van der Waals surface area (Å²) in [5.41, 5.74) is -0.459. The molecule has 1 amide bonds. The first-order valence-corrected chi connectivity index (χ1v) is 7.06. The molecule has 2 nitrogen and oxygen atoms in total. The van der Waals surface area contributed by atoms with Gasteiger partial charge in [0.25, 0.3) is 0 Å². The molecule has 0 bridgehead atoms. The van der Waals surface area contributed by atoms with Gasteiger partial charge in [-0.2, -0.15) is 13.2 Å². The van der Waals surface area contributed by atoms with Gasteiger partial charge in [0.1, 0.15) is 0 Å². The Hall–Kier alpha value is -1.43. The first-order valence-electron chi connectivity index (χ1n) is 6.01. The minimum atomic E-state index is -4.37. The molecule has 0 fully saturated rings. The SMILES string of the molecule is C=CCNC(=O)C(C)SCc1ccccc1C(F)(F)F. The number of rotatable bonds is 6. The highest BCUT2D eigenvalue weighted by Crippen LogP contribution is 2.33. The van der Waals surface area contributed by atoms with Gasteiger partial charge in [0, 0.05) is 12.3 Å². The molecule has 1 atom stereocenters. The molecule has 0 aliphatic rings. The van der Waals surface area contributed by atoms with E-state index in [0.717, 1.165) is 6.07 Å². The van der Waals surface area contributed by atoms with Crippen LogP contribution in [-0.2, 0) is 16.7 Å². The van der Waals surface area contributed by atoms with Crippen molar-refractivity contribution in [2.24, 2.45) is 0 Å². The fourth-order valence-corrected chi connectivity index (χ4v) is 2.45. The fourth-order valence-electron chi connectivity index (χ4n) is 1.53. The van der Waals surface area contributed by atoms with E-state index in [2.05, 4.69) is 11.9 Å². The quantitative estimate of drug-likeness (QED) is 0.813. The van der Waals surface area contributed by atoms with Gasteiger partial charge in [0.05, 0.1) is 10.8 Å². The van der Waals surface area contributed by atoms with Gasteiger partial charge in [-0.05, 0) is 18.6 Å². The average Bonchev–Trinajstić information content (AvgIpc) is 2.41. The van der Waals surface area contributed by atoms with Crippen LogP contribution in [0.3, 0.4) is 0 Å². The smallest absolute Gasteiger partial charge is 0.352 e. The minimum Gasteiger partial charge on any atom is -0.352 e. The number of halogens is 3. The van der Waals surface area contributed by atoms with Crippen LogP contribution in [0, 0.1) is 0 Å². The van der Waals surface area contributed by atoms with Crippen LogP contribution in [0.15, 0.2) is 36.9 Å². The highest BCUT2D eigenvalue weighted by molar-refractivity contribution is 7.99. The van der Waals surface area contributed by atoms with E-state index in [1.807, 2.05) is 0 Å². The third-order valence-corrected chi connectivity index (χ3v) is 3.79. The average molecular weight is 303 g/mol. The van der Waals surface area contributed by atoms with Gasteiger partial charge in [-0.25, -0.2) is 0 Å². The second-order valence-corrected chi connectivity index (χ2v) is 5.47. The van der Waals surface area contributed by atoms with Gasteiger partial charge in [-0.15, -0.1) is 18.3 Å². The van der Waals surface area contributed by atoms with Crippen molar-refractivity contribution in [1.82, 2.24) is 5.32 Å². The largest absolute Gasteiger partial charge is 0.416 e. The Morgan fingerprint density at radius 3 is 2.70 bits per heavy atom. The number of benzene rings is 1. The second-order valence-electron chi connectivity index (χ2n) is 4.14. The molecule has 1 unspecified atom stereocenters. The molecule has 0 saturated carbocycles. The maximum Gasteiger partial charge on any atom is 0.416 e. The molecule has 0 heterocycles. The fraction of sp³-hybridized carbons (Fsp3) is 0.357. The van der Waals surface area contributed by atoms with E-state index in [9.17, 15) is 18.0 Å². The summed E-state index contributed by atoms with van der Waals surface area (Å²) in [5.74, 6) is -0.0716. The number of hydrogen-bond donors (Lipinski definition) is 1. The van der Waals surface area contributed by atoms with E-state index >= 15 is 0 Å². The Balaban J connectivity index is 2.66. The molecule has 6 heteroatoms. The molecule has 0 aromatic heterocycles. The Bertz CT molecular complexity index is 474. The zero-order chi connectivity index (χ0) is 15.2. The Labute approximate surface area is 120 Å². The molecule has 1 N–H and O–H groups in total. The molecule has 0 spiro atoms. The van der Waals surface area contributed by atoms with E-state index in [-0.39, 0.29) is 17.2 Å². The lowest BCUT2D eigenvalue weighted by Crippen LogP contribution is -2.31. The van der Waals surface area contributed by atoms with E-state index in [1.165, 1.54) is 23.9 Å². The van der Waals surface area contributed by atoms with Gasteiger partial charge in [0.2, 0.25) is 5.91 Å². The molecule has 1 aromatic rings. The van der Waals surface area contributed by atoms with E-state index in [1.54, 1.807) is 19.1 Å². The number of thioether (sulfide) groups is 1. The van der Waals surface area contributed by atoms with E-state index in [0.29, 0.717) is 6.54 Å². The maximum atomic E-state index is 12.8. The molecule has 20 heavy (non-hydrogen) atoms.